The maximum atomic E-state index is 11.2. The molecule has 0 aliphatic heterocycles. The minimum atomic E-state index is -0.160. The molecule has 4 heteroatoms. The predicted octanol–water partition coefficient (Wildman–Crippen LogP) is 0.593. The van der Waals surface area contributed by atoms with Gasteiger partial charge < -0.3 is 10.4 Å². The second-order valence-electron chi connectivity index (χ2n) is 2.99. The number of aliphatic hydroxyl groups excluding tert-OH is 1. The van der Waals surface area contributed by atoms with Crippen LogP contribution in [0.4, 0.5) is 0 Å². The van der Waals surface area contributed by atoms with Gasteiger partial charge in [0.2, 0.25) is 5.91 Å². The van der Waals surface area contributed by atoms with Crippen molar-refractivity contribution in [3.8, 4) is 0 Å². The first kappa shape index (κ1) is 11.4. The summed E-state index contributed by atoms with van der Waals surface area (Å²) in [7, 11) is 0. The summed E-state index contributed by atoms with van der Waals surface area (Å²) in [5.74, 6) is -0.160. The number of hydrogen-bond acceptors (Lipinski definition) is 3. The summed E-state index contributed by atoms with van der Waals surface area (Å²) in [5, 5.41) is 11.2. The lowest BCUT2D eigenvalue weighted by Crippen LogP contribution is -2.22. The molecule has 0 fully saturated rings. The van der Waals surface area contributed by atoms with Crippen LogP contribution >= 0.6 is 0 Å². The van der Waals surface area contributed by atoms with Crippen LogP contribution in [0, 0.1) is 0 Å². The van der Waals surface area contributed by atoms with Gasteiger partial charge in [-0.25, -0.2) is 0 Å². The highest BCUT2D eigenvalue weighted by Crippen LogP contribution is 1.97. The Morgan fingerprint density at radius 3 is 3.13 bits per heavy atom. The first-order chi connectivity index (χ1) is 7.33. The lowest BCUT2D eigenvalue weighted by Gasteiger charge is -1.98. The molecule has 0 spiro atoms. The third kappa shape index (κ3) is 4.93. The molecule has 1 aromatic heterocycles. The molecule has 80 valence electrons. The SMILES string of the molecule is O=C(/C=C/c1cccnc1)NCCCO. The van der Waals surface area contributed by atoms with Crippen LogP contribution in [-0.2, 0) is 4.79 Å². The molecule has 0 aromatic carbocycles. The summed E-state index contributed by atoms with van der Waals surface area (Å²) in [4.78, 5) is 15.1. The van der Waals surface area contributed by atoms with Crippen molar-refractivity contribution in [2.45, 2.75) is 6.42 Å². The van der Waals surface area contributed by atoms with E-state index >= 15 is 0 Å². The number of amides is 1. The molecular formula is C11H14N2O2. The second kappa shape index (κ2) is 6.73. The van der Waals surface area contributed by atoms with Crippen molar-refractivity contribution in [2.75, 3.05) is 13.2 Å². The molecule has 0 bridgehead atoms. The molecule has 0 saturated heterocycles. The highest BCUT2D eigenvalue weighted by atomic mass is 16.3. The Morgan fingerprint density at radius 2 is 2.47 bits per heavy atom. The van der Waals surface area contributed by atoms with Gasteiger partial charge in [0.05, 0.1) is 0 Å². The summed E-state index contributed by atoms with van der Waals surface area (Å²) < 4.78 is 0. The number of aromatic nitrogens is 1. The fraction of sp³-hybridized carbons (Fsp3) is 0.273. The lowest BCUT2D eigenvalue weighted by atomic mass is 10.2. The Hall–Kier alpha value is -1.68. The van der Waals surface area contributed by atoms with Crippen LogP contribution in [0.1, 0.15) is 12.0 Å². The van der Waals surface area contributed by atoms with E-state index in [1.807, 2.05) is 12.1 Å². The molecule has 0 aliphatic rings. The number of hydrogen-bond donors (Lipinski definition) is 2. The number of aliphatic hydroxyl groups is 1. The van der Waals surface area contributed by atoms with E-state index in [4.69, 9.17) is 5.11 Å². The number of pyridine rings is 1. The van der Waals surface area contributed by atoms with E-state index in [0.29, 0.717) is 13.0 Å². The third-order valence-corrected chi connectivity index (χ3v) is 1.75. The van der Waals surface area contributed by atoms with Crippen molar-refractivity contribution < 1.29 is 9.90 Å². The average Bonchev–Trinajstić information content (AvgIpc) is 2.28. The Labute approximate surface area is 88.7 Å². The zero-order chi connectivity index (χ0) is 10.9. The molecule has 1 aromatic rings. The standard InChI is InChI=1S/C11H14N2O2/c14-8-2-7-13-11(15)5-4-10-3-1-6-12-9-10/h1,3-6,9,14H,2,7-8H2,(H,13,15)/b5-4+. The van der Waals surface area contributed by atoms with Crippen LogP contribution in [0.3, 0.4) is 0 Å². The van der Waals surface area contributed by atoms with Gasteiger partial charge in [-0.1, -0.05) is 6.07 Å². The summed E-state index contributed by atoms with van der Waals surface area (Å²) in [6.45, 7) is 0.583. The monoisotopic (exact) mass is 206 g/mol. The highest BCUT2D eigenvalue weighted by molar-refractivity contribution is 5.91. The molecule has 0 saturated carbocycles. The molecule has 1 rings (SSSR count). The van der Waals surface area contributed by atoms with Gasteiger partial charge in [-0.3, -0.25) is 9.78 Å². The van der Waals surface area contributed by atoms with Crippen LogP contribution in [-0.4, -0.2) is 29.1 Å². The van der Waals surface area contributed by atoms with Crippen molar-refractivity contribution >= 4 is 12.0 Å². The van der Waals surface area contributed by atoms with E-state index in [1.54, 1.807) is 18.5 Å². The first-order valence-electron chi connectivity index (χ1n) is 4.80. The fourth-order valence-electron chi connectivity index (χ4n) is 0.996. The lowest BCUT2D eigenvalue weighted by molar-refractivity contribution is -0.116. The second-order valence-corrected chi connectivity index (χ2v) is 2.99. The van der Waals surface area contributed by atoms with Gasteiger partial charge >= 0.3 is 0 Å². The molecule has 1 amide bonds. The Morgan fingerprint density at radius 1 is 1.60 bits per heavy atom. The van der Waals surface area contributed by atoms with Gasteiger partial charge in [0.25, 0.3) is 0 Å². The highest BCUT2D eigenvalue weighted by Gasteiger charge is 1.93. The molecular weight excluding hydrogens is 192 g/mol. The normalized spacial score (nSPS) is 10.5. The van der Waals surface area contributed by atoms with Crippen molar-refractivity contribution in [2.24, 2.45) is 0 Å². The number of nitrogens with one attached hydrogen (secondary N) is 1. The quantitative estimate of drug-likeness (QED) is 0.547. The zero-order valence-electron chi connectivity index (χ0n) is 8.39. The van der Waals surface area contributed by atoms with Gasteiger partial charge in [0.1, 0.15) is 0 Å². The first-order valence-corrected chi connectivity index (χ1v) is 4.80. The molecule has 0 atom stereocenters. The van der Waals surface area contributed by atoms with Crippen molar-refractivity contribution in [3.05, 3.63) is 36.2 Å². The van der Waals surface area contributed by atoms with Crippen molar-refractivity contribution in [1.82, 2.24) is 10.3 Å². The Bertz CT molecular complexity index is 323. The van der Waals surface area contributed by atoms with Crippen molar-refractivity contribution in [1.29, 1.82) is 0 Å². The Kier molecular flexibility index (Phi) is 5.11. The van der Waals surface area contributed by atoms with E-state index < -0.39 is 0 Å². The number of nitrogens with zero attached hydrogens (tertiary/aromatic N) is 1. The zero-order valence-corrected chi connectivity index (χ0v) is 8.39. The van der Waals surface area contributed by atoms with Gasteiger partial charge in [-0.05, 0) is 24.1 Å². The third-order valence-electron chi connectivity index (χ3n) is 1.75. The predicted molar refractivity (Wildman–Crippen MR) is 58.0 cm³/mol. The molecule has 0 aliphatic carbocycles. The molecule has 15 heavy (non-hydrogen) atoms. The molecule has 4 nitrogen and oxygen atoms in total. The summed E-state index contributed by atoms with van der Waals surface area (Å²) >= 11 is 0. The van der Waals surface area contributed by atoms with E-state index in [9.17, 15) is 4.79 Å². The fourth-order valence-corrected chi connectivity index (χ4v) is 0.996. The van der Waals surface area contributed by atoms with Gasteiger partial charge in [0, 0.05) is 31.6 Å². The molecule has 0 unspecified atom stereocenters. The number of carbonyl (C=O) groups is 1. The topological polar surface area (TPSA) is 62.2 Å². The van der Waals surface area contributed by atoms with E-state index in [0.717, 1.165) is 5.56 Å². The molecule has 2 N–H and O–H groups in total. The minimum absolute atomic E-state index is 0.0899. The van der Waals surface area contributed by atoms with Gasteiger partial charge in [-0.2, -0.15) is 0 Å². The molecule has 1 heterocycles. The maximum Gasteiger partial charge on any atom is 0.244 e. The number of carbonyl (C=O) groups excluding carboxylic acids is 1. The summed E-state index contributed by atoms with van der Waals surface area (Å²) in [6.07, 6.45) is 7.08. The summed E-state index contributed by atoms with van der Waals surface area (Å²) in [5.41, 5.74) is 0.884. The van der Waals surface area contributed by atoms with Gasteiger partial charge in [-0.15, -0.1) is 0 Å². The van der Waals surface area contributed by atoms with Crippen molar-refractivity contribution in [3.63, 3.8) is 0 Å². The Balaban J connectivity index is 2.34. The van der Waals surface area contributed by atoms with Crippen LogP contribution in [0.15, 0.2) is 30.6 Å². The maximum absolute atomic E-state index is 11.2. The molecule has 0 radical (unpaired) electrons. The van der Waals surface area contributed by atoms with E-state index in [-0.39, 0.29) is 12.5 Å². The van der Waals surface area contributed by atoms with Crippen LogP contribution in [0.2, 0.25) is 0 Å². The number of rotatable bonds is 5. The average molecular weight is 206 g/mol. The van der Waals surface area contributed by atoms with E-state index in [1.165, 1.54) is 6.08 Å². The van der Waals surface area contributed by atoms with Gasteiger partial charge in [0.15, 0.2) is 0 Å². The smallest absolute Gasteiger partial charge is 0.244 e. The van der Waals surface area contributed by atoms with Crippen LogP contribution in [0.5, 0.6) is 0 Å². The van der Waals surface area contributed by atoms with Crippen LogP contribution < -0.4 is 5.32 Å². The summed E-state index contributed by atoms with van der Waals surface area (Å²) in [6, 6.07) is 3.67. The minimum Gasteiger partial charge on any atom is -0.396 e. The van der Waals surface area contributed by atoms with Crippen LogP contribution in [0.25, 0.3) is 6.08 Å². The van der Waals surface area contributed by atoms with E-state index in [2.05, 4.69) is 10.3 Å². The largest absolute Gasteiger partial charge is 0.396 e.